The van der Waals surface area contributed by atoms with Crippen LogP contribution in [0.15, 0.2) is 54.6 Å². The molecule has 5 amide bonds. The van der Waals surface area contributed by atoms with Gasteiger partial charge in [-0.05, 0) is 84.3 Å². The number of hydrogen-bond acceptors (Lipinski definition) is 8. The molecule has 1 atom stereocenters. The standard InChI is InChI=1S/C44H47ClN6O6/c1-42(2)40(43(3,4)41(42)57-29-11-12-33(46-6)32(45)21-29)48-36(53)25-7-9-28(10-8-25)50-17-15-44(5,16-18-50)24-49-22-26-19-30-31(20-27(26)23-49)39(56)51(38(30)55)34-13-14-35(52)47-37(34)54/h7-12,19-21,34,40-41H,13-18,22-24H2,1-5H3,(H,48,53)(H,47,52,54). The molecule has 1 saturated carbocycles. The molecule has 13 heteroatoms. The maximum atomic E-state index is 13.5. The monoisotopic (exact) mass is 790 g/mol. The Balaban J connectivity index is 0.838. The number of piperidine rings is 2. The van der Waals surface area contributed by atoms with E-state index in [-0.39, 0.29) is 47.1 Å². The number of rotatable bonds is 8. The first-order chi connectivity index (χ1) is 27.0. The quantitative estimate of drug-likeness (QED) is 0.195. The minimum Gasteiger partial charge on any atom is -0.489 e. The van der Waals surface area contributed by atoms with Gasteiger partial charge < -0.3 is 15.0 Å². The molecular weight excluding hydrogens is 744 g/mol. The predicted molar refractivity (Wildman–Crippen MR) is 214 cm³/mol. The van der Waals surface area contributed by atoms with Gasteiger partial charge in [-0.3, -0.25) is 39.1 Å². The molecule has 8 rings (SSSR count). The summed E-state index contributed by atoms with van der Waals surface area (Å²) in [7, 11) is 0. The molecule has 1 aliphatic carbocycles. The largest absolute Gasteiger partial charge is 0.489 e. The number of ether oxygens (including phenoxy) is 1. The number of carbonyl (C=O) groups is 5. The summed E-state index contributed by atoms with van der Waals surface area (Å²) in [5.74, 6) is -1.47. The van der Waals surface area contributed by atoms with Crippen molar-refractivity contribution < 1.29 is 28.7 Å². The Morgan fingerprint density at radius 2 is 1.53 bits per heavy atom. The normalized spacial score (nSPS) is 24.6. The molecule has 57 heavy (non-hydrogen) atoms. The van der Waals surface area contributed by atoms with Crippen LogP contribution in [0, 0.1) is 22.8 Å². The van der Waals surface area contributed by atoms with Gasteiger partial charge in [0.05, 0.1) is 22.7 Å². The van der Waals surface area contributed by atoms with Gasteiger partial charge in [-0.2, -0.15) is 0 Å². The molecule has 0 bridgehead atoms. The molecular formula is C44H47ClN6O6. The molecule has 3 fully saturated rings. The fraction of sp³-hybridized carbons (Fsp3) is 0.455. The van der Waals surface area contributed by atoms with Crippen LogP contribution in [0.4, 0.5) is 11.4 Å². The summed E-state index contributed by atoms with van der Waals surface area (Å²) in [6.45, 7) is 21.9. The van der Waals surface area contributed by atoms with E-state index in [1.54, 1.807) is 18.2 Å². The van der Waals surface area contributed by atoms with Gasteiger partial charge in [0.2, 0.25) is 17.5 Å². The summed E-state index contributed by atoms with van der Waals surface area (Å²) >= 11 is 6.26. The number of halogens is 1. The second kappa shape index (κ2) is 14.0. The van der Waals surface area contributed by atoms with Crippen LogP contribution in [0.2, 0.25) is 5.02 Å². The Bertz CT molecular complexity index is 2190. The Morgan fingerprint density at radius 1 is 0.912 bits per heavy atom. The van der Waals surface area contributed by atoms with Gasteiger partial charge in [0.1, 0.15) is 17.9 Å². The molecule has 3 aromatic rings. The lowest BCUT2D eigenvalue weighted by Crippen LogP contribution is -2.74. The number of imide groups is 2. The van der Waals surface area contributed by atoms with Gasteiger partial charge in [0.15, 0.2) is 0 Å². The zero-order valence-corrected chi connectivity index (χ0v) is 33.7. The number of hydrogen-bond donors (Lipinski definition) is 2. The van der Waals surface area contributed by atoms with E-state index in [1.165, 1.54) is 0 Å². The zero-order chi connectivity index (χ0) is 40.6. The van der Waals surface area contributed by atoms with Crippen molar-refractivity contribution in [2.24, 2.45) is 16.2 Å². The van der Waals surface area contributed by atoms with Gasteiger partial charge in [0, 0.05) is 67.3 Å². The predicted octanol–water partition coefficient (Wildman–Crippen LogP) is 6.53. The third-order valence-corrected chi connectivity index (χ3v) is 13.3. The number of fused-ring (bicyclic) bond motifs is 2. The summed E-state index contributed by atoms with van der Waals surface area (Å²) < 4.78 is 6.39. The maximum Gasteiger partial charge on any atom is 0.262 e. The lowest BCUT2D eigenvalue weighted by Gasteiger charge is -2.63. The Hall–Kier alpha value is -5.25. The highest BCUT2D eigenvalue weighted by atomic mass is 35.5. The van der Waals surface area contributed by atoms with Gasteiger partial charge in [0.25, 0.3) is 17.7 Å². The Labute approximate surface area is 337 Å². The van der Waals surface area contributed by atoms with Gasteiger partial charge in [-0.1, -0.05) is 52.3 Å². The van der Waals surface area contributed by atoms with E-state index in [1.807, 2.05) is 36.4 Å². The highest BCUT2D eigenvalue weighted by Crippen LogP contribution is 2.56. The van der Waals surface area contributed by atoms with Gasteiger partial charge >= 0.3 is 0 Å². The minimum atomic E-state index is -0.971. The summed E-state index contributed by atoms with van der Waals surface area (Å²) in [6, 6.07) is 15.5. The van der Waals surface area contributed by atoms with Crippen molar-refractivity contribution in [3.63, 3.8) is 0 Å². The number of amides is 5. The highest BCUT2D eigenvalue weighted by molar-refractivity contribution is 6.33. The first-order valence-electron chi connectivity index (χ1n) is 19.6. The van der Waals surface area contributed by atoms with E-state index >= 15 is 0 Å². The van der Waals surface area contributed by atoms with Crippen molar-refractivity contribution in [1.29, 1.82) is 0 Å². The van der Waals surface area contributed by atoms with Crippen molar-refractivity contribution in [3.8, 4) is 5.75 Å². The molecule has 0 spiro atoms. The number of carbonyl (C=O) groups excluding carboxylic acids is 5. The molecule has 296 valence electrons. The first kappa shape index (κ1) is 38.6. The lowest BCUT2D eigenvalue weighted by atomic mass is 9.49. The second-order valence-corrected chi connectivity index (χ2v) is 18.3. The number of benzene rings is 3. The van der Waals surface area contributed by atoms with Gasteiger partial charge in [-0.15, -0.1) is 0 Å². The van der Waals surface area contributed by atoms with Crippen LogP contribution in [0.3, 0.4) is 0 Å². The average molecular weight is 791 g/mol. The molecule has 2 saturated heterocycles. The summed E-state index contributed by atoms with van der Waals surface area (Å²) in [5, 5.41) is 5.88. The fourth-order valence-corrected chi connectivity index (χ4v) is 10.4. The molecule has 3 aromatic carbocycles. The smallest absolute Gasteiger partial charge is 0.262 e. The number of anilines is 1. The van der Waals surface area contributed by atoms with E-state index in [4.69, 9.17) is 22.9 Å². The van der Waals surface area contributed by atoms with Crippen LogP contribution in [0.5, 0.6) is 5.75 Å². The van der Waals surface area contributed by atoms with Crippen LogP contribution in [0.1, 0.15) is 103 Å². The number of nitrogens with zero attached hydrogens (tertiary/aromatic N) is 4. The van der Waals surface area contributed by atoms with Crippen molar-refractivity contribution in [1.82, 2.24) is 20.4 Å². The fourth-order valence-electron chi connectivity index (χ4n) is 10.2. The Morgan fingerprint density at radius 3 is 2.09 bits per heavy atom. The third-order valence-electron chi connectivity index (χ3n) is 13.0. The number of nitrogens with one attached hydrogen (secondary N) is 2. The molecule has 4 heterocycles. The molecule has 4 aliphatic heterocycles. The van der Waals surface area contributed by atoms with Gasteiger partial charge in [-0.25, -0.2) is 4.85 Å². The van der Waals surface area contributed by atoms with Crippen LogP contribution < -0.4 is 20.3 Å². The second-order valence-electron chi connectivity index (χ2n) is 17.9. The molecule has 1 unspecified atom stereocenters. The first-order valence-corrected chi connectivity index (χ1v) is 20.0. The van der Waals surface area contributed by atoms with Crippen molar-refractivity contribution >= 4 is 52.5 Å². The maximum absolute atomic E-state index is 13.5. The minimum absolute atomic E-state index is 0.0761. The van der Waals surface area contributed by atoms with E-state index in [9.17, 15) is 24.0 Å². The van der Waals surface area contributed by atoms with Crippen LogP contribution in [0.25, 0.3) is 4.85 Å². The van der Waals surface area contributed by atoms with Crippen LogP contribution in [-0.4, -0.2) is 77.2 Å². The van der Waals surface area contributed by atoms with Crippen LogP contribution >= 0.6 is 11.6 Å². The van der Waals surface area contributed by atoms with Crippen LogP contribution in [-0.2, 0) is 22.7 Å². The Kier molecular flexibility index (Phi) is 9.48. The SMILES string of the molecule is [C-]#[N+]c1ccc(OC2C(C)(C)C(NC(=O)c3ccc(N4CCC(C)(CN5Cc6cc7c(cc6C5)C(=O)N(C5CCC(=O)NC5=O)C7=O)CC4)cc3)C2(C)C)cc1Cl. The summed E-state index contributed by atoms with van der Waals surface area (Å²) in [5.41, 5.74) is 4.13. The van der Waals surface area contributed by atoms with Crippen molar-refractivity contribution in [3.05, 3.63) is 98.9 Å². The molecule has 2 N–H and O–H groups in total. The van der Waals surface area contributed by atoms with E-state index in [2.05, 4.69) is 59.9 Å². The topological polar surface area (TPSA) is 133 Å². The van der Waals surface area contributed by atoms with E-state index in [0.29, 0.717) is 46.2 Å². The highest BCUT2D eigenvalue weighted by Gasteiger charge is 2.64. The molecule has 0 aromatic heterocycles. The summed E-state index contributed by atoms with van der Waals surface area (Å²) in [4.78, 5) is 73.6. The van der Waals surface area contributed by atoms with Crippen molar-refractivity contribution in [2.75, 3.05) is 24.5 Å². The van der Waals surface area contributed by atoms with E-state index in [0.717, 1.165) is 54.2 Å². The lowest BCUT2D eigenvalue weighted by molar-refractivity contribution is -0.164. The third kappa shape index (κ3) is 6.74. The molecule has 12 nitrogen and oxygen atoms in total. The molecule has 5 aliphatic rings. The van der Waals surface area contributed by atoms with Crippen molar-refractivity contribution in [2.45, 2.75) is 91.6 Å². The van der Waals surface area contributed by atoms with E-state index < -0.39 is 29.7 Å². The zero-order valence-electron chi connectivity index (χ0n) is 32.9. The average Bonchev–Trinajstić information content (AvgIpc) is 3.67. The summed E-state index contributed by atoms with van der Waals surface area (Å²) in [6.07, 6.45) is 2.02. The molecule has 0 radical (unpaired) electrons.